The second kappa shape index (κ2) is 4.73. The number of hydrogen-bond donors (Lipinski definition) is 2. The average Bonchev–Trinajstić information content (AvgIpc) is 2.73. The van der Waals surface area contributed by atoms with Gasteiger partial charge in [-0.1, -0.05) is 0 Å². The molecule has 1 aromatic rings. The number of ether oxygens (including phenoxy) is 2. The van der Waals surface area contributed by atoms with E-state index in [0.29, 0.717) is 14.7 Å². The molecule has 7 heteroatoms. The number of aromatic hydroxyl groups is 1. The number of amides is 1. The van der Waals surface area contributed by atoms with E-state index >= 15 is 0 Å². The number of carbonyl (C=O) groups is 1. The number of phenols is 1. The molecule has 0 unspecified atom stereocenters. The van der Waals surface area contributed by atoms with Crippen LogP contribution in [-0.4, -0.2) is 24.9 Å². The Morgan fingerprint density at radius 3 is 2.76 bits per heavy atom. The van der Waals surface area contributed by atoms with Gasteiger partial charge in [-0.25, -0.2) is 4.79 Å². The van der Waals surface area contributed by atoms with E-state index in [9.17, 15) is 9.90 Å². The van der Waals surface area contributed by atoms with Gasteiger partial charge in [-0.15, -0.1) is 0 Å². The van der Waals surface area contributed by atoms with Crippen LogP contribution < -0.4 is 10.1 Å². The first-order valence-corrected chi connectivity index (χ1v) is 6.31. The van der Waals surface area contributed by atoms with Crippen molar-refractivity contribution >= 4 is 38.0 Å². The van der Waals surface area contributed by atoms with Crippen LogP contribution >= 0.6 is 31.9 Å². The summed E-state index contributed by atoms with van der Waals surface area (Å²) in [6.07, 6.45) is -0.454. The van der Waals surface area contributed by atoms with Crippen molar-refractivity contribution in [3.05, 3.63) is 20.6 Å². The molecular formula is C10H9Br2NO4. The summed E-state index contributed by atoms with van der Waals surface area (Å²) >= 11 is 6.61. The monoisotopic (exact) mass is 365 g/mol. The minimum absolute atomic E-state index is 0.00775. The summed E-state index contributed by atoms with van der Waals surface area (Å²) in [5.74, 6) is 0.338. The summed E-state index contributed by atoms with van der Waals surface area (Å²) in [7, 11) is 1.46. The van der Waals surface area contributed by atoms with E-state index in [1.807, 2.05) is 0 Å². The molecule has 5 nitrogen and oxygen atoms in total. The maximum atomic E-state index is 11.0. The Hall–Kier alpha value is -0.950. The molecule has 92 valence electrons. The minimum atomic E-state index is -0.454. The summed E-state index contributed by atoms with van der Waals surface area (Å²) in [4.78, 5) is 11.0. The predicted molar refractivity (Wildman–Crippen MR) is 67.3 cm³/mol. The number of cyclic esters (lactones) is 1. The van der Waals surface area contributed by atoms with E-state index in [4.69, 9.17) is 9.47 Å². The number of alkyl carbamates (subject to hydrolysis) is 1. The topological polar surface area (TPSA) is 67.8 Å². The summed E-state index contributed by atoms with van der Waals surface area (Å²) < 4.78 is 11.0. The molecule has 0 aliphatic carbocycles. The van der Waals surface area contributed by atoms with Gasteiger partial charge in [0, 0.05) is 4.47 Å². The van der Waals surface area contributed by atoms with Crippen LogP contribution in [0.25, 0.3) is 0 Å². The molecule has 0 spiro atoms. The fraction of sp³-hybridized carbons (Fsp3) is 0.300. The number of halogens is 2. The molecule has 17 heavy (non-hydrogen) atoms. The van der Waals surface area contributed by atoms with Crippen molar-refractivity contribution in [2.45, 2.75) is 6.04 Å². The van der Waals surface area contributed by atoms with Crippen molar-refractivity contribution in [3.63, 3.8) is 0 Å². The lowest BCUT2D eigenvalue weighted by Gasteiger charge is -2.15. The van der Waals surface area contributed by atoms with Crippen LogP contribution in [0.3, 0.4) is 0 Å². The molecule has 0 saturated carbocycles. The van der Waals surface area contributed by atoms with Gasteiger partial charge in [0.15, 0.2) is 11.5 Å². The van der Waals surface area contributed by atoms with Gasteiger partial charge >= 0.3 is 6.09 Å². The summed E-state index contributed by atoms with van der Waals surface area (Å²) in [5, 5.41) is 12.4. The molecule has 0 aromatic heterocycles. The summed E-state index contributed by atoms with van der Waals surface area (Å²) in [6, 6.07) is 1.40. The van der Waals surface area contributed by atoms with E-state index in [2.05, 4.69) is 37.2 Å². The zero-order valence-electron chi connectivity index (χ0n) is 8.79. The fourth-order valence-electron chi connectivity index (χ4n) is 1.57. The van der Waals surface area contributed by atoms with Gasteiger partial charge in [0.05, 0.1) is 17.6 Å². The van der Waals surface area contributed by atoms with Gasteiger partial charge in [-0.2, -0.15) is 0 Å². The van der Waals surface area contributed by atoms with Crippen LogP contribution in [0, 0.1) is 0 Å². The van der Waals surface area contributed by atoms with Crippen LogP contribution in [0.5, 0.6) is 11.5 Å². The summed E-state index contributed by atoms with van der Waals surface area (Å²) in [5.41, 5.74) is 0.775. The normalized spacial score (nSPS) is 18.8. The SMILES string of the molecule is COc1cc([C@H]2COC(=O)N2)c(Br)c(Br)c1O. The van der Waals surface area contributed by atoms with Gasteiger partial charge in [0.25, 0.3) is 0 Å². The maximum Gasteiger partial charge on any atom is 0.407 e. The number of hydrogen-bond acceptors (Lipinski definition) is 4. The van der Waals surface area contributed by atoms with Crippen molar-refractivity contribution < 1.29 is 19.4 Å². The number of carbonyl (C=O) groups excluding carboxylic acids is 1. The molecule has 1 aliphatic rings. The maximum absolute atomic E-state index is 11.0. The molecule has 2 rings (SSSR count). The number of methoxy groups -OCH3 is 1. The Balaban J connectivity index is 2.47. The second-order valence-corrected chi connectivity index (χ2v) is 5.03. The van der Waals surface area contributed by atoms with Crippen LogP contribution in [0.15, 0.2) is 15.0 Å². The molecule has 1 fully saturated rings. The highest BCUT2D eigenvalue weighted by Crippen LogP contribution is 2.43. The lowest BCUT2D eigenvalue weighted by atomic mass is 10.1. The Kier molecular flexibility index (Phi) is 3.48. The third-order valence-electron chi connectivity index (χ3n) is 2.44. The van der Waals surface area contributed by atoms with Crippen molar-refractivity contribution in [2.75, 3.05) is 13.7 Å². The summed E-state index contributed by atoms with van der Waals surface area (Å²) in [6.45, 7) is 0.248. The Morgan fingerprint density at radius 1 is 1.53 bits per heavy atom. The lowest BCUT2D eigenvalue weighted by Crippen LogP contribution is -2.18. The van der Waals surface area contributed by atoms with Crippen molar-refractivity contribution in [2.24, 2.45) is 0 Å². The highest BCUT2D eigenvalue weighted by atomic mass is 79.9. The zero-order valence-corrected chi connectivity index (χ0v) is 12.0. The van der Waals surface area contributed by atoms with Gasteiger partial charge in [-0.3, -0.25) is 0 Å². The van der Waals surface area contributed by atoms with E-state index < -0.39 is 6.09 Å². The quantitative estimate of drug-likeness (QED) is 0.844. The molecule has 0 radical (unpaired) electrons. The van der Waals surface area contributed by atoms with Gasteiger partial charge < -0.3 is 19.9 Å². The number of phenolic OH excluding ortho intramolecular Hbond substituents is 1. The zero-order chi connectivity index (χ0) is 12.6. The van der Waals surface area contributed by atoms with Crippen LogP contribution in [0.1, 0.15) is 11.6 Å². The van der Waals surface area contributed by atoms with Crippen molar-refractivity contribution in [3.8, 4) is 11.5 Å². The molecule has 1 atom stereocenters. The predicted octanol–water partition coefficient (Wildman–Crippen LogP) is 2.71. The highest BCUT2D eigenvalue weighted by molar-refractivity contribution is 9.13. The molecule has 1 saturated heterocycles. The van der Waals surface area contributed by atoms with E-state index in [1.165, 1.54) is 7.11 Å². The fourth-order valence-corrected chi connectivity index (χ4v) is 2.58. The van der Waals surface area contributed by atoms with Crippen LogP contribution in [0.2, 0.25) is 0 Å². The highest BCUT2D eigenvalue weighted by Gasteiger charge is 2.28. The third kappa shape index (κ3) is 2.21. The van der Waals surface area contributed by atoms with Crippen molar-refractivity contribution in [1.82, 2.24) is 5.32 Å². The number of rotatable bonds is 2. The van der Waals surface area contributed by atoms with Gasteiger partial charge in [-0.05, 0) is 43.5 Å². The molecule has 1 amide bonds. The Labute approximate surface area is 114 Å². The first-order chi connectivity index (χ1) is 8.04. The van der Waals surface area contributed by atoms with E-state index in [0.717, 1.165) is 5.56 Å². The second-order valence-electron chi connectivity index (χ2n) is 3.44. The van der Waals surface area contributed by atoms with E-state index in [1.54, 1.807) is 6.07 Å². The Bertz CT molecular complexity index is 478. The first kappa shape index (κ1) is 12.5. The van der Waals surface area contributed by atoms with Gasteiger partial charge in [0.1, 0.15) is 6.61 Å². The minimum Gasteiger partial charge on any atom is -0.503 e. The first-order valence-electron chi connectivity index (χ1n) is 4.72. The Morgan fingerprint density at radius 2 is 2.24 bits per heavy atom. The third-order valence-corrected chi connectivity index (χ3v) is 4.60. The van der Waals surface area contributed by atoms with Crippen molar-refractivity contribution in [1.29, 1.82) is 0 Å². The largest absolute Gasteiger partial charge is 0.503 e. The molecule has 2 N–H and O–H groups in total. The lowest BCUT2D eigenvalue weighted by molar-refractivity contribution is 0.177. The number of benzene rings is 1. The van der Waals surface area contributed by atoms with E-state index in [-0.39, 0.29) is 18.4 Å². The smallest absolute Gasteiger partial charge is 0.407 e. The molecule has 1 aliphatic heterocycles. The molecular weight excluding hydrogens is 358 g/mol. The molecule has 1 heterocycles. The molecule has 0 bridgehead atoms. The standard InChI is InChI=1S/C10H9Br2NO4/c1-16-6-2-4(5-3-17-10(15)13-5)7(11)8(12)9(6)14/h2,5,14H,3H2,1H3,(H,13,15)/t5-/m1/s1. The molecule has 1 aromatic carbocycles. The van der Waals surface area contributed by atoms with Crippen LogP contribution in [-0.2, 0) is 4.74 Å². The number of nitrogens with one attached hydrogen (secondary N) is 1. The van der Waals surface area contributed by atoms with Crippen LogP contribution in [0.4, 0.5) is 4.79 Å². The van der Waals surface area contributed by atoms with Gasteiger partial charge in [0.2, 0.25) is 0 Å². The average molecular weight is 367 g/mol.